The van der Waals surface area contributed by atoms with Crippen LogP contribution in [-0.4, -0.2) is 12.8 Å². The molecule has 0 atom stereocenters. The first-order chi connectivity index (χ1) is 15.6. The molecule has 0 saturated heterocycles. The van der Waals surface area contributed by atoms with Crippen LogP contribution in [0.1, 0.15) is 31.7 Å². The van der Waals surface area contributed by atoms with Gasteiger partial charge in [0.05, 0.1) is 0 Å². The number of alkyl halides is 3. The van der Waals surface area contributed by atoms with E-state index in [2.05, 4.69) is 11.7 Å². The molecule has 0 aliphatic carbocycles. The van der Waals surface area contributed by atoms with Crippen LogP contribution in [0.3, 0.4) is 0 Å². The van der Waals surface area contributed by atoms with Crippen molar-refractivity contribution in [3.8, 4) is 28.0 Å². The second kappa shape index (κ2) is 10.3. The Morgan fingerprint density at radius 2 is 1.21 bits per heavy atom. The molecule has 0 aromatic heterocycles. The summed E-state index contributed by atoms with van der Waals surface area (Å²) < 4.78 is 99.2. The largest absolute Gasteiger partial charge is 0.481 e. The fraction of sp³-hybridized carbons (Fsp3) is 0.280. The highest BCUT2D eigenvalue weighted by atomic mass is 19.4. The molecule has 33 heavy (non-hydrogen) atoms. The third-order valence-electron chi connectivity index (χ3n) is 5.14. The van der Waals surface area contributed by atoms with E-state index < -0.39 is 52.9 Å². The van der Waals surface area contributed by atoms with Crippen molar-refractivity contribution in [3.63, 3.8) is 0 Å². The number of benzene rings is 3. The molecule has 0 unspecified atom stereocenters. The van der Waals surface area contributed by atoms with Crippen LogP contribution in [0, 0.1) is 23.3 Å². The molecule has 0 spiro atoms. The Bertz CT molecular complexity index is 1110. The van der Waals surface area contributed by atoms with Gasteiger partial charge in [-0.15, -0.1) is 0 Å². The predicted octanol–water partition coefficient (Wildman–Crippen LogP) is 8.25. The minimum Gasteiger partial charge on any atom is -0.481 e. The van der Waals surface area contributed by atoms with Crippen LogP contribution in [0.5, 0.6) is 5.75 Å². The normalized spacial score (nSPS) is 11.6. The Morgan fingerprint density at radius 1 is 0.667 bits per heavy atom. The maximum Gasteiger partial charge on any atom is 0.422 e. The van der Waals surface area contributed by atoms with E-state index in [1.807, 2.05) is 12.1 Å². The van der Waals surface area contributed by atoms with Gasteiger partial charge in [-0.2, -0.15) is 17.6 Å². The molecule has 3 aromatic carbocycles. The van der Waals surface area contributed by atoms with Gasteiger partial charge in [0.25, 0.3) is 0 Å². The Labute approximate surface area is 186 Å². The van der Waals surface area contributed by atoms with Crippen molar-refractivity contribution in [2.75, 3.05) is 6.61 Å². The molecule has 0 aliphatic rings. The van der Waals surface area contributed by atoms with Gasteiger partial charge in [-0.25, -0.2) is 13.2 Å². The van der Waals surface area contributed by atoms with Crippen LogP contribution in [-0.2, 0) is 6.42 Å². The standard InChI is InChI=1S/C25H21F7O/c1-2-3-4-5-15-6-8-16(9-7-15)17-10-11-18(22(27)21(17)26)19-12-13-20(24(29)23(19)28)33-14-25(30,31)32/h6-13H,2-5,14H2,1H3. The lowest BCUT2D eigenvalue weighted by molar-refractivity contribution is -0.153. The number of hydrogen-bond donors (Lipinski definition) is 0. The summed E-state index contributed by atoms with van der Waals surface area (Å²) in [6, 6.07) is 10.9. The molecule has 3 aromatic rings. The molecule has 0 N–H and O–H groups in total. The van der Waals surface area contributed by atoms with Gasteiger partial charge in [-0.05, 0) is 36.1 Å². The van der Waals surface area contributed by atoms with Crippen molar-refractivity contribution in [1.29, 1.82) is 0 Å². The predicted molar refractivity (Wildman–Crippen MR) is 112 cm³/mol. The number of aryl methyl sites for hydroxylation is 1. The van der Waals surface area contributed by atoms with Gasteiger partial charge in [0, 0.05) is 16.7 Å². The summed E-state index contributed by atoms with van der Waals surface area (Å²) in [4.78, 5) is 0. The highest BCUT2D eigenvalue weighted by Gasteiger charge is 2.30. The summed E-state index contributed by atoms with van der Waals surface area (Å²) in [6.07, 6.45) is -0.675. The fourth-order valence-corrected chi connectivity index (χ4v) is 3.42. The topological polar surface area (TPSA) is 9.23 Å². The Balaban J connectivity index is 1.88. The first-order valence-corrected chi connectivity index (χ1v) is 10.4. The van der Waals surface area contributed by atoms with Crippen LogP contribution in [0.4, 0.5) is 30.7 Å². The van der Waals surface area contributed by atoms with Gasteiger partial charge in [0.15, 0.2) is 29.8 Å². The number of rotatable bonds is 8. The van der Waals surface area contributed by atoms with Crippen molar-refractivity contribution in [3.05, 3.63) is 77.4 Å². The first-order valence-electron chi connectivity index (χ1n) is 10.4. The number of hydrogen-bond acceptors (Lipinski definition) is 1. The second-order valence-electron chi connectivity index (χ2n) is 7.59. The summed E-state index contributed by atoms with van der Waals surface area (Å²) in [6.45, 7) is 0.276. The zero-order valence-corrected chi connectivity index (χ0v) is 17.7. The van der Waals surface area contributed by atoms with Crippen LogP contribution in [0.2, 0.25) is 0 Å². The summed E-state index contributed by atoms with van der Waals surface area (Å²) in [5.41, 5.74) is 0.226. The molecule has 1 nitrogen and oxygen atoms in total. The fourth-order valence-electron chi connectivity index (χ4n) is 3.42. The molecule has 0 saturated carbocycles. The van der Waals surface area contributed by atoms with Crippen molar-refractivity contribution in [1.82, 2.24) is 0 Å². The van der Waals surface area contributed by atoms with Crippen molar-refractivity contribution in [2.45, 2.75) is 38.8 Å². The molecule has 0 aliphatic heterocycles. The van der Waals surface area contributed by atoms with Gasteiger partial charge in [-0.1, -0.05) is 56.2 Å². The quantitative estimate of drug-likeness (QED) is 0.238. The zero-order chi connectivity index (χ0) is 24.2. The summed E-state index contributed by atoms with van der Waals surface area (Å²) >= 11 is 0. The SMILES string of the molecule is CCCCCc1ccc(-c2ccc(-c3ccc(OCC(F)(F)F)c(F)c3F)c(F)c2F)cc1. The highest BCUT2D eigenvalue weighted by Crippen LogP contribution is 2.35. The maximum atomic E-state index is 14.8. The van der Waals surface area contributed by atoms with E-state index in [0.717, 1.165) is 49.4 Å². The van der Waals surface area contributed by atoms with Crippen LogP contribution in [0.25, 0.3) is 22.3 Å². The van der Waals surface area contributed by atoms with E-state index in [1.54, 1.807) is 12.1 Å². The molecule has 0 radical (unpaired) electrons. The monoisotopic (exact) mass is 470 g/mol. The third-order valence-corrected chi connectivity index (χ3v) is 5.14. The maximum absolute atomic E-state index is 14.8. The third kappa shape index (κ3) is 5.86. The molecule has 8 heteroatoms. The summed E-state index contributed by atoms with van der Waals surface area (Å²) in [5.74, 6) is -6.99. The highest BCUT2D eigenvalue weighted by molar-refractivity contribution is 5.72. The van der Waals surface area contributed by atoms with Crippen LogP contribution in [0.15, 0.2) is 48.5 Å². The number of ether oxygens (including phenoxy) is 1. The van der Waals surface area contributed by atoms with E-state index in [9.17, 15) is 30.7 Å². The molecule has 0 amide bonds. The van der Waals surface area contributed by atoms with E-state index in [0.29, 0.717) is 5.56 Å². The smallest absolute Gasteiger partial charge is 0.422 e. The average molecular weight is 470 g/mol. The van der Waals surface area contributed by atoms with Gasteiger partial charge in [-0.3, -0.25) is 0 Å². The average Bonchev–Trinajstić information content (AvgIpc) is 2.77. The summed E-state index contributed by atoms with van der Waals surface area (Å²) in [7, 11) is 0. The van der Waals surface area contributed by atoms with E-state index in [4.69, 9.17) is 0 Å². The van der Waals surface area contributed by atoms with Gasteiger partial charge in [0.2, 0.25) is 5.82 Å². The molecule has 0 fully saturated rings. The van der Waals surface area contributed by atoms with Crippen molar-refractivity contribution >= 4 is 0 Å². The minimum atomic E-state index is -4.75. The molecule has 0 heterocycles. The van der Waals surface area contributed by atoms with Crippen LogP contribution >= 0.6 is 0 Å². The molecular formula is C25H21F7O. The van der Waals surface area contributed by atoms with Gasteiger partial charge >= 0.3 is 6.18 Å². The molecule has 176 valence electrons. The second-order valence-corrected chi connectivity index (χ2v) is 7.59. The first kappa shape index (κ1) is 24.6. The lowest BCUT2D eigenvalue weighted by Crippen LogP contribution is -2.19. The van der Waals surface area contributed by atoms with Crippen LogP contribution < -0.4 is 4.74 Å². The van der Waals surface area contributed by atoms with E-state index in [-0.39, 0.29) is 5.56 Å². The van der Waals surface area contributed by atoms with Crippen molar-refractivity contribution < 1.29 is 35.5 Å². The Hall–Kier alpha value is -3.03. The Morgan fingerprint density at radius 3 is 1.82 bits per heavy atom. The molecular weight excluding hydrogens is 449 g/mol. The number of halogens is 7. The molecule has 3 rings (SSSR count). The van der Waals surface area contributed by atoms with Gasteiger partial charge < -0.3 is 4.74 Å². The summed E-state index contributed by atoms with van der Waals surface area (Å²) in [5, 5.41) is 0. The van der Waals surface area contributed by atoms with E-state index >= 15 is 0 Å². The number of unbranched alkanes of at least 4 members (excludes halogenated alkanes) is 2. The van der Waals surface area contributed by atoms with Crippen molar-refractivity contribution in [2.24, 2.45) is 0 Å². The Kier molecular flexibility index (Phi) is 7.66. The molecule has 0 bridgehead atoms. The van der Waals surface area contributed by atoms with E-state index in [1.165, 1.54) is 6.07 Å². The van der Waals surface area contributed by atoms with Gasteiger partial charge in [0.1, 0.15) is 0 Å². The minimum absolute atomic E-state index is 0.0534. The lowest BCUT2D eigenvalue weighted by Gasteiger charge is -2.13. The zero-order valence-electron chi connectivity index (χ0n) is 17.7. The lowest BCUT2D eigenvalue weighted by atomic mass is 9.97.